The van der Waals surface area contributed by atoms with E-state index in [1.54, 1.807) is 0 Å². The third kappa shape index (κ3) is 8.39. The third-order valence-electron chi connectivity index (χ3n) is 16.1. The fourth-order valence-electron chi connectivity index (χ4n) is 12.2. The molecule has 0 amide bonds. The molecular formula is C78H52N2. The summed E-state index contributed by atoms with van der Waals surface area (Å²) >= 11 is 0. The summed E-state index contributed by atoms with van der Waals surface area (Å²) in [7, 11) is 0. The zero-order valence-electron chi connectivity index (χ0n) is 43.9. The van der Waals surface area contributed by atoms with Gasteiger partial charge in [0.05, 0.1) is 22.1 Å². The van der Waals surface area contributed by atoms with E-state index < -0.39 is 0 Å². The van der Waals surface area contributed by atoms with Crippen LogP contribution in [0.1, 0.15) is 0 Å². The van der Waals surface area contributed by atoms with Crippen molar-refractivity contribution < 1.29 is 0 Å². The van der Waals surface area contributed by atoms with Crippen molar-refractivity contribution in [3.05, 3.63) is 315 Å². The Balaban J connectivity index is 0.713. The molecule has 2 heterocycles. The average Bonchev–Trinajstić information content (AvgIpc) is 4.22. The van der Waals surface area contributed by atoms with Gasteiger partial charge in [0, 0.05) is 32.9 Å². The van der Waals surface area contributed by atoms with E-state index in [1.165, 1.54) is 133 Å². The predicted molar refractivity (Wildman–Crippen MR) is 339 cm³/mol. The summed E-state index contributed by atoms with van der Waals surface area (Å²) < 4.78 is 4.83. The van der Waals surface area contributed by atoms with Crippen molar-refractivity contribution >= 4 is 43.6 Å². The maximum atomic E-state index is 2.43. The molecule has 13 aromatic carbocycles. The van der Waals surface area contributed by atoms with Crippen LogP contribution in [0.15, 0.2) is 315 Å². The van der Waals surface area contributed by atoms with E-state index in [9.17, 15) is 0 Å². The summed E-state index contributed by atoms with van der Waals surface area (Å²) in [6.07, 6.45) is 0. The van der Waals surface area contributed by atoms with Crippen LogP contribution in [0.3, 0.4) is 0 Å². The van der Waals surface area contributed by atoms with Gasteiger partial charge < -0.3 is 9.13 Å². The number of para-hydroxylation sites is 2. The zero-order chi connectivity index (χ0) is 52.9. The number of fused-ring (bicyclic) bond motifs is 6. The van der Waals surface area contributed by atoms with Crippen LogP contribution in [0.5, 0.6) is 0 Å². The standard InChI is InChI=1S/C78H52N2/c1-3-17-53(18-4-1)54-39-43-67(44-40-54)79-75-33-11-9-31-71(75)73-51-64(41-45-77(73)79)65-42-46-78-74(52-65)72-32-10-12-34-76(72)80(78)68-28-16-26-63(50-68)61-24-14-22-59(48-61)56-37-35-55(36-38-56)58-21-13-23-60(47-58)62-25-15-27-66(49-62)70-30-8-7-29-69(70)57-19-5-2-6-20-57/h1-52H. The van der Waals surface area contributed by atoms with Gasteiger partial charge in [0.2, 0.25) is 0 Å². The van der Waals surface area contributed by atoms with Crippen LogP contribution in [-0.4, -0.2) is 9.13 Å². The second-order valence-corrected chi connectivity index (χ2v) is 20.9. The zero-order valence-corrected chi connectivity index (χ0v) is 43.9. The van der Waals surface area contributed by atoms with Gasteiger partial charge in [-0.25, -0.2) is 0 Å². The van der Waals surface area contributed by atoms with E-state index >= 15 is 0 Å². The maximum Gasteiger partial charge on any atom is 0.0541 e. The van der Waals surface area contributed by atoms with Crippen LogP contribution < -0.4 is 0 Å². The molecular weight excluding hydrogens is 965 g/mol. The summed E-state index contributed by atoms with van der Waals surface area (Å²) in [5.74, 6) is 0. The van der Waals surface area contributed by atoms with Crippen molar-refractivity contribution in [1.82, 2.24) is 9.13 Å². The molecule has 0 fully saturated rings. The Morgan fingerprint density at radius 2 is 0.463 bits per heavy atom. The van der Waals surface area contributed by atoms with Crippen LogP contribution in [0.25, 0.3) is 144 Å². The number of hydrogen-bond donors (Lipinski definition) is 0. The van der Waals surface area contributed by atoms with Crippen molar-refractivity contribution in [2.24, 2.45) is 0 Å². The van der Waals surface area contributed by atoms with E-state index in [4.69, 9.17) is 0 Å². The van der Waals surface area contributed by atoms with Gasteiger partial charge in [0.1, 0.15) is 0 Å². The molecule has 0 saturated carbocycles. The van der Waals surface area contributed by atoms with Crippen molar-refractivity contribution in [1.29, 1.82) is 0 Å². The van der Waals surface area contributed by atoms with Crippen molar-refractivity contribution in [2.45, 2.75) is 0 Å². The minimum atomic E-state index is 1.13. The number of aromatic nitrogens is 2. The molecule has 0 bridgehead atoms. The molecule has 0 aliphatic heterocycles. The van der Waals surface area contributed by atoms with E-state index in [0.29, 0.717) is 0 Å². The summed E-state index contributed by atoms with van der Waals surface area (Å²) in [5, 5.41) is 4.96. The highest BCUT2D eigenvalue weighted by atomic mass is 15.0. The Bertz CT molecular complexity index is 4790. The van der Waals surface area contributed by atoms with Gasteiger partial charge >= 0.3 is 0 Å². The smallest absolute Gasteiger partial charge is 0.0541 e. The number of rotatable bonds is 10. The molecule has 0 aliphatic rings. The second-order valence-electron chi connectivity index (χ2n) is 20.9. The fraction of sp³-hybridized carbons (Fsp3) is 0. The van der Waals surface area contributed by atoms with Gasteiger partial charge in [-0.05, 0) is 168 Å². The number of nitrogens with zero attached hydrogens (tertiary/aromatic N) is 2. The largest absolute Gasteiger partial charge is 0.309 e. The van der Waals surface area contributed by atoms with Crippen molar-refractivity contribution in [3.8, 4) is 100 Å². The molecule has 2 heteroatoms. The fourth-order valence-corrected chi connectivity index (χ4v) is 12.2. The summed E-state index contributed by atoms with van der Waals surface area (Å²) in [5.41, 5.74) is 26.3. The van der Waals surface area contributed by atoms with Gasteiger partial charge in [0.25, 0.3) is 0 Å². The lowest BCUT2D eigenvalue weighted by Crippen LogP contribution is -1.94. The minimum absolute atomic E-state index is 1.13. The highest BCUT2D eigenvalue weighted by Crippen LogP contribution is 2.41. The molecule has 2 aromatic heterocycles. The van der Waals surface area contributed by atoms with Crippen LogP contribution in [-0.2, 0) is 0 Å². The molecule has 0 spiro atoms. The average molecular weight is 1020 g/mol. The second kappa shape index (κ2) is 19.8. The molecule has 0 N–H and O–H groups in total. The van der Waals surface area contributed by atoms with Crippen molar-refractivity contribution in [3.63, 3.8) is 0 Å². The summed E-state index contributed by atoms with van der Waals surface area (Å²) in [4.78, 5) is 0. The highest BCUT2D eigenvalue weighted by molar-refractivity contribution is 6.13. The van der Waals surface area contributed by atoms with E-state index in [2.05, 4.69) is 325 Å². The number of benzene rings is 13. The molecule has 0 aliphatic carbocycles. The van der Waals surface area contributed by atoms with Gasteiger partial charge in [-0.2, -0.15) is 0 Å². The topological polar surface area (TPSA) is 9.86 Å². The van der Waals surface area contributed by atoms with Gasteiger partial charge in [-0.1, -0.05) is 237 Å². The van der Waals surface area contributed by atoms with Crippen LogP contribution in [0.2, 0.25) is 0 Å². The first-order chi connectivity index (χ1) is 39.6. The summed E-state index contributed by atoms with van der Waals surface area (Å²) in [6, 6.07) is 115. The highest BCUT2D eigenvalue weighted by Gasteiger charge is 2.18. The molecule has 0 saturated heterocycles. The first-order valence-electron chi connectivity index (χ1n) is 27.5. The first-order valence-corrected chi connectivity index (χ1v) is 27.5. The van der Waals surface area contributed by atoms with E-state index in [-0.39, 0.29) is 0 Å². The van der Waals surface area contributed by atoms with Gasteiger partial charge in [0.15, 0.2) is 0 Å². The first kappa shape index (κ1) is 46.7. The Morgan fingerprint density at radius 1 is 0.150 bits per heavy atom. The normalized spacial score (nSPS) is 11.5. The third-order valence-corrected chi connectivity index (χ3v) is 16.1. The minimum Gasteiger partial charge on any atom is -0.309 e. The Kier molecular flexibility index (Phi) is 11.6. The monoisotopic (exact) mass is 1020 g/mol. The van der Waals surface area contributed by atoms with Crippen LogP contribution >= 0.6 is 0 Å². The Labute approximate surface area is 466 Å². The predicted octanol–water partition coefficient (Wildman–Crippen LogP) is 21.2. The van der Waals surface area contributed by atoms with Crippen LogP contribution in [0, 0.1) is 0 Å². The maximum absolute atomic E-state index is 2.43. The molecule has 15 rings (SSSR count). The molecule has 2 nitrogen and oxygen atoms in total. The van der Waals surface area contributed by atoms with Gasteiger partial charge in [-0.3, -0.25) is 0 Å². The lowest BCUT2D eigenvalue weighted by molar-refractivity contribution is 1.18. The Hall–Kier alpha value is -10.5. The lowest BCUT2D eigenvalue weighted by Gasteiger charge is -2.13. The Morgan fingerprint density at radius 3 is 1.00 bits per heavy atom. The molecule has 0 unspecified atom stereocenters. The quantitative estimate of drug-likeness (QED) is 0.129. The van der Waals surface area contributed by atoms with Crippen molar-refractivity contribution in [2.75, 3.05) is 0 Å². The number of hydrogen-bond acceptors (Lipinski definition) is 0. The van der Waals surface area contributed by atoms with Crippen LogP contribution in [0.4, 0.5) is 0 Å². The molecule has 15 aromatic rings. The summed E-state index contributed by atoms with van der Waals surface area (Å²) in [6.45, 7) is 0. The molecule has 374 valence electrons. The van der Waals surface area contributed by atoms with E-state index in [1.807, 2.05) is 0 Å². The molecule has 0 radical (unpaired) electrons. The lowest BCUT2D eigenvalue weighted by atomic mass is 9.92. The SMILES string of the molecule is c1ccc(-c2ccc(-n3c4ccccc4c4cc(-c5ccc6c(c5)c5ccccc5n6-c5cccc(-c6cccc(-c7ccc(-c8cccc(-c9cccc(-c%10ccccc%10-c%10ccccc%10)c9)c8)cc7)c6)c5)ccc43)cc2)cc1. The molecule has 80 heavy (non-hydrogen) atoms. The van der Waals surface area contributed by atoms with E-state index in [0.717, 1.165) is 11.4 Å². The molecule has 0 atom stereocenters. The van der Waals surface area contributed by atoms with Gasteiger partial charge in [-0.15, -0.1) is 0 Å².